The normalized spacial score (nSPS) is 14.4. The molecule has 4 rings (SSSR count). The Labute approximate surface area is 179 Å². The number of likely N-dealkylation sites (tertiary alicyclic amines) is 1. The number of hydrogen-bond acceptors (Lipinski definition) is 3. The van der Waals surface area contributed by atoms with Crippen molar-refractivity contribution in [3.8, 4) is 16.9 Å². The first-order chi connectivity index (χ1) is 14.6. The van der Waals surface area contributed by atoms with Crippen LogP contribution in [0.15, 0.2) is 54.6 Å². The second-order valence-electron chi connectivity index (χ2n) is 7.10. The van der Waals surface area contributed by atoms with Gasteiger partial charge in [-0.3, -0.25) is 9.59 Å². The van der Waals surface area contributed by atoms with Gasteiger partial charge < -0.3 is 10.0 Å². The minimum absolute atomic E-state index is 0.129. The zero-order valence-electron chi connectivity index (χ0n) is 15.8. The lowest BCUT2D eigenvalue weighted by molar-refractivity contribution is -0.146. The number of aromatic nitrogens is 2. The zero-order valence-corrected chi connectivity index (χ0v) is 16.6. The van der Waals surface area contributed by atoms with Crippen LogP contribution in [0, 0.1) is 5.92 Å². The summed E-state index contributed by atoms with van der Waals surface area (Å²) in [4.78, 5) is 24.8. The highest BCUT2D eigenvalue weighted by atomic mass is 35.5. The fourth-order valence-corrected chi connectivity index (χ4v) is 3.51. The summed E-state index contributed by atoms with van der Waals surface area (Å²) in [6, 6.07) is 13.3. The van der Waals surface area contributed by atoms with E-state index in [4.69, 9.17) is 16.7 Å². The van der Waals surface area contributed by atoms with Crippen molar-refractivity contribution >= 4 is 23.5 Å². The number of halogens is 4. The van der Waals surface area contributed by atoms with Gasteiger partial charge in [-0.05, 0) is 30.3 Å². The molecule has 0 bridgehead atoms. The molecular formula is C21H15ClF3N3O3. The average Bonchev–Trinajstić information content (AvgIpc) is 3.12. The third-order valence-corrected chi connectivity index (χ3v) is 5.35. The van der Waals surface area contributed by atoms with Crippen LogP contribution in [0.2, 0.25) is 5.02 Å². The number of amides is 1. The van der Waals surface area contributed by atoms with Crippen molar-refractivity contribution in [2.24, 2.45) is 5.92 Å². The van der Waals surface area contributed by atoms with Crippen molar-refractivity contribution < 1.29 is 27.9 Å². The Bertz CT molecular complexity index is 1150. The largest absolute Gasteiger partial charge is 0.481 e. The van der Waals surface area contributed by atoms with E-state index in [1.165, 1.54) is 29.2 Å². The predicted molar refractivity (Wildman–Crippen MR) is 106 cm³/mol. The highest BCUT2D eigenvalue weighted by molar-refractivity contribution is 6.32. The predicted octanol–water partition coefficient (Wildman–Crippen LogP) is 4.37. The molecule has 6 nitrogen and oxygen atoms in total. The van der Waals surface area contributed by atoms with E-state index in [-0.39, 0.29) is 35.4 Å². The molecule has 2 aromatic carbocycles. The summed E-state index contributed by atoms with van der Waals surface area (Å²) in [6.45, 7) is 0.258. The Balaban J connectivity index is 1.66. The lowest BCUT2D eigenvalue weighted by Crippen LogP contribution is -2.53. The Kier molecular flexibility index (Phi) is 5.22. The van der Waals surface area contributed by atoms with Crippen LogP contribution >= 0.6 is 11.6 Å². The quantitative estimate of drug-likeness (QED) is 0.642. The highest BCUT2D eigenvalue weighted by Gasteiger charge is 2.37. The van der Waals surface area contributed by atoms with Crippen LogP contribution in [0.1, 0.15) is 16.1 Å². The average molecular weight is 450 g/mol. The van der Waals surface area contributed by atoms with Gasteiger partial charge in [0.2, 0.25) is 0 Å². The minimum Gasteiger partial charge on any atom is -0.481 e. The summed E-state index contributed by atoms with van der Waals surface area (Å²) in [7, 11) is 0. The standard InChI is InChI=1S/C21H15ClF3N3O3/c22-15-3-1-2-4-16(15)28-17(9-18(26-28)21(23,24)25)12-5-7-13(8-6-12)19(29)27-10-14(11-27)20(30)31/h1-9,14H,10-11H2,(H,30,31). The molecule has 3 aromatic rings. The van der Waals surface area contributed by atoms with Crippen molar-refractivity contribution in [2.75, 3.05) is 13.1 Å². The fourth-order valence-electron chi connectivity index (χ4n) is 3.30. The number of carboxylic acids is 1. The van der Waals surface area contributed by atoms with E-state index < -0.39 is 23.8 Å². The second-order valence-corrected chi connectivity index (χ2v) is 7.51. The van der Waals surface area contributed by atoms with Crippen LogP contribution in [-0.4, -0.2) is 44.8 Å². The summed E-state index contributed by atoms with van der Waals surface area (Å²) in [6.07, 6.45) is -4.64. The molecule has 0 spiro atoms. The Morgan fingerprint density at radius 2 is 1.71 bits per heavy atom. The second kappa shape index (κ2) is 7.73. The molecule has 160 valence electrons. The molecule has 1 N–H and O–H groups in total. The third kappa shape index (κ3) is 4.00. The minimum atomic E-state index is -4.64. The number of nitrogens with zero attached hydrogens (tertiary/aromatic N) is 3. The van der Waals surface area contributed by atoms with Crippen LogP contribution < -0.4 is 0 Å². The number of carbonyl (C=O) groups excluding carboxylic acids is 1. The molecule has 2 heterocycles. The topological polar surface area (TPSA) is 75.4 Å². The number of benzene rings is 2. The van der Waals surface area contributed by atoms with Crippen LogP contribution in [0.4, 0.5) is 13.2 Å². The number of rotatable bonds is 4. The molecule has 1 aliphatic rings. The van der Waals surface area contributed by atoms with Crippen LogP contribution in [-0.2, 0) is 11.0 Å². The number of carbonyl (C=O) groups is 2. The molecule has 0 radical (unpaired) electrons. The summed E-state index contributed by atoms with van der Waals surface area (Å²) in [5, 5.41) is 12.9. The van der Waals surface area contributed by atoms with Crippen molar-refractivity contribution in [1.29, 1.82) is 0 Å². The van der Waals surface area contributed by atoms with Gasteiger partial charge in [0.15, 0.2) is 5.69 Å². The monoisotopic (exact) mass is 449 g/mol. The highest BCUT2D eigenvalue weighted by Crippen LogP contribution is 2.34. The molecule has 0 saturated carbocycles. The molecule has 31 heavy (non-hydrogen) atoms. The van der Waals surface area contributed by atoms with Crippen molar-refractivity contribution in [3.63, 3.8) is 0 Å². The Morgan fingerprint density at radius 1 is 1.06 bits per heavy atom. The van der Waals surface area contributed by atoms with Gasteiger partial charge in [0.1, 0.15) is 0 Å². The van der Waals surface area contributed by atoms with E-state index in [0.717, 1.165) is 10.7 Å². The van der Waals surface area contributed by atoms with Crippen LogP contribution in [0.25, 0.3) is 16.9 Å². The molecule has 10 heteroatoms. The Hall–Kier alpha value is -3.33. The van der Waals surface area contributed by atoms with Gasteiger partial charge >= 0.3 is 12.1 Å². The smallest absolute Gasteiger partial charge is 0.435 e. The van der Waals surface area contributed by atoms with Gasteiger partial charge in [0, 0.05) is 24.2 Å². The van der Waals surface area contributed by atoms with E-state index >= 15 is 0 Å². The molecular weight excluding hydrogens is 435 g/mol. The fraction of sp³-hybridized carbons (Fsp3) is 0.190. The number of alkyl halides is 3. The van der Waals surface area contributed by atoms with Crippen molar-refractivity contribution in [3.05, 3.63) is 70.9 Å². The van der Waals surface area contributed by atoms with Gasteiger partial charge in [-0.15, -0.1) is 0 Å². The van der Waals surface area contributed by atoms with Crippen molar-refractivity contribution in [1.82, 2.24) is 14.7 Å². The van der Waals surface area contributed by atoms with E-state index in [0.29, 0.717) is 11.1 Å². The lowest BCUT2D eigenvalue weighted by Gasteiger charge is -2.36. The summed E-state index contributed by atoms with van der Waals surface area (Å²) >= 11 is 6.17. The molecule has 1 amide bonds. The maximum atomic E-state index is 13.3. The van der Waals surface area contributed by atoms with Crippen LogP contribution in [0.3, 0.4) is 0 Å². The number of hydrogen-bond donors (Lipinski definition) is 1. The maximum absolute atomic E-state index is 13.3. The van der Waals surface area contributed by atoms with E-state index in [1.807, 2.05) is 0 Å². The van der Waals surface area contributed by atoms with Gasteiger partial charge in [-0.25, -0.2) is 4.68 Å². The molecule has 1 aromatic heterocycles. The van der Waals surface area contributed by atoms with Gasteiger partial charge in [-0.1, -0.05) is 35.9 Å². The number of aliphatic carboxylic acids is 1. The maximum Gasteiger partial charge on any atom is 0.435 e. The molecule has 0 aliphatic carbocycles. The molecule has 1 fully saturated rings. The summed E-state index contributed by atoms with van der Waals surface area (Å²) in [5.74, 6) is -1.86. The number of carboxylic acid groups (broad SMARTS) is 1. The molecule has 0 atom stereocenters. The summed E-state index contributed by atoms with van der Waals surface area (Å²) < 4.78 is 41.0. The lowest BCUT2D eigenvalue weighted by atomic mass is 9.98. The third-order valence-electron chi connectivity index (χ3n) is 5.03. The van der Waals surface area contributed by atoms with Gasteiger partial charge in [-0.2, -0.15) is 18.3 Å². The number of para-hydroxylation sites is 1. The SMILES string of the molecule is O=C(O)C1CN(C(=O)c2ccc(-c3cc(C(F)(F)F)nn3-c3ccccc3Cl)cc2)C1. The van der Waals surface area contributed by atoms with Gasteiger partial charge in [0.05, 0.1) is 22.3 Å². The zero-order chi connectivity index (χ0) is 22.3. The van der Waals surface area contributed by atoms with E-state index in [1.54, 1.807) is 24.3 Å². The van der Waals surface area contributed by atoms with Gasteiger partial charge in [0.25, 0.3) is 5.91 Å². The van der Waals surface area contributed by atoms with Crippen molar-refractivity contribution in [2.45, 2.75) is 6.18 Å². The first-order valence-corrected chi connectivity index (χ1v) is 9.57. The Morgan fingerprint density at radius 3 is 2.29 bits per heavy atom. The van der Waals surface area contributed by atoms with E-state index in [9.17, 15) is 22.8 Å². The van der Waals surface area contributed by atoms with Crippen LogP contribution in [0.5, 0.6) is 0 Å². The molecule has 0 unspecified atom stereocenters. The first kappa shape index (κ1) is 20.9. The summed E-state index contributed by atoms with van der Waals surface area (Å²) in [5.41, 5.74) is 0.103. The van der Waals surface area contributed by atoms with E-state index in [2.05, 4.69) is 5.10 Å². The first-order valence-electron chi connectivity index (χ1n) is 9.20. The molecule has 1 aliphatic heterocycles. The molecule has 1 saturated heterocycles.